The molecule has 0 aromatic carbocycles. The minimum atomic E-state index is -3.51. The molecule has 0 heterocycles. The Morgan fingerprint density at radius 3 is 2.54 bits per heavy atom. The molecule has 0 radical (unpaired) electrons. The van der Waals surface area contributed by atoms with Gasteiger partial charge in [-0.15, -0.1) is 0 Å². The molecular weight excluding hydrogens is 370 g/mol. The molecule has 1 fully saturated rings. The Morgan fingerprint density at radius 1 is 1.21 bits per heavy atom. The van der Waals surface area contributed by atoms with Gasteiger partial charge in [0.2, 0.25) is 10.0 Å². The summed E-state index contributed by atoms with van der Waals surface area (Å²) >= 11 is 0. The van der Waals surface area contributed by atoms with E-state index >= 15 is 0 Å². The number of hydrazone groups is 1. The fourth-order valence-electron chi connectivity index (χ4n) is 4.04. The van der Waals surface area contributed by atoms with E-state index in [1.54, 1.807) is 25.2 Å². The molecule has 0 aromatic rings. The number of nitrogens with one attached hydrogen (secondary N) is 1. The highest BCUT2D eigenvalue weighted by Crippen LogP contribution is 2.32. The van der Waals surface area contributed by atoms with Crippen LogP contribution in [0.15, 0.2) is 52.2 Å². The van der Waals surface area contributed by atoms with Crippen LogP contribution in [0.3, 0.4) is 0 Å². The van der Waals surface area contributed by atoms with E-state index in [1.165, 1.54) is 0 Å². The van der Waals surface area contributed by atoms with Gasteiger partial charge in [0.1, 0.15) is 0 Å². The number of sulfonamides is 1. The lowest BCUT2D eigenvalue weighted by molar-refractivity contribution is 0.161. The summed E-state index contributed by atoms with van der Waals surface area (Å²) in [6.45, 7) is 9.89. The fourth-order valence-corrected chi connectivity index (χ4v) is 5.43. The minimum Gasteiger partial charge on any atom is -0.263 e. The molecule has 2 aliphatic rings. The van der Waals surface area contributed by atoms with Crippen molar-refractivity contribution in [2.24, 2.45) is 16.9 Å². The van der Waals surface area contributed by atoms with Crippen LogP contribution in [0, 0.1) is 11.8 Å². The predicted octanol–water partition coefficient (Wildman–Crippen LogP) is 4.73. The third kappa shape index (κ3) is 5.92. The summed E-state index contributed by atoms with van der Waals surface area (Å²) in [5, 5.41) is 6.72. The summed E-state index contributed by atoms with van der Waals surface area (Å²) < 4.78 is 28.5. The Hall–Kier alpha value is -1.66. The molecule has 0 spiro atoms. The summed E-state index contributed by atoms with van der Waals surface area (Å²) in [6.07, 6.45) is 17.0. The molecule has 6 heteroatoms. The third-order valence-electron chi connectivity index (χ3n) is 5.31. The Morgan fingerprint density at radius 2 is 1.96 bits per heavy atom. The monoisotopic (exact) mass is 405 g/mol. The van der Waals surface area contributed by atoms with Crippen LogP contribution in [0.2, 0.25) is 0 Å². The maximum Gasteiger partial charge on any atom is 0.240 e. The highest BCUT2D eigenvalue weighted by molar-refractivity contribution is 7.93. The van der Waals surface area contributed by atoms with E-state index in [0.717, 1.165) is 31.4 Å². The van der Waals surface area contributed by atoms with Gasteiger partial charge in [0.25, 0.3) is 0 Å². The average Bonchev–Trinajstić information content (AvgIpc) is 2.64. The first-order valence-corrected chi connectivity index (χ1v) is 11.8. The Balaban J connectivity index is 2.19. The van der Waals surface area contributed by atoms with Gasteiger partial charge in [-0.3, -0.25) is 5.01 Å². The van der Waals surface area contributed by atoms with Crippen molar-refractivity contribution in [3.8, 4) is 0 Å². The standard InChI is InChI=1S/C22H35N3O2S/c1-6-9-22(7-2)28(26,27)24-19-14-18(5)15-21(16-19)25(23-8-3)20-12-10-17(4)11-13-20/h6-10,12-13,17-19,21,24H,11,14-16H2,1-5H3/b9-6-,22-7+,23-8-/t17?,18?,19?,21-/m1/s1. The zero-order chi connectivity index (χ0) is 20.7. The number of allylic oxidation sites excluding steroid dienone is 6. The lowest BCUT2D eigenvalue weighted by Gasteiger charge is -2.39. The fraction of sp³-hybridized carbons (Fsp3) is 0.591. The Bertz CT molecular complexity index is 778. The normalized spacial score (nSPS) is 29.5. The minimum absolute atomic E-state index is 0.0967. The van der Waals surface area contributed by atoms with E-state index in [4.69, 9.17) is 0 Å². The number of hydrogen-bond acceptors (Lipinski definition) is 4. The summed E-state index contributed by atoms with van der Waals surface area (Å²) in [7, 11) is -3.51. The highest BCUT2D eigenvalue weighted by Gasteiger charge is 2.33. The lowest BCUT2D eigenvalue weighted by atomic mass is 9.83. The van der Waals surface area contributed by atoms with Crippen molar-refractivity contribution in [3.05, 3.63) is 47.1 Å². The molecule has 5 nitrogen and oxygen atoms in total. The van der Waals surface area contributed by atoms with Gasteiger partial charge in [0, 0.05) is 12.3 Å². The molecule has 2 rings (SSSR count). The van der Waals surface area contributed by atoms with Crippen LogP contribution in [0.5, 0.6) is 0 Å². The van der Waals surface area contributed by atoms with Crippen molar-refractivity contribution in [1.82, 2.24) is 9.73 Å². The maximum absolute atomic E-state index is 12.8. The van der Waals surface area contributed by atoms with Crippen LogP contribution in [0.1, 0.15) is 60.3 Å². The van der Waals surface area contributed by atoms with Crippen LogP contribution in [0.4, 0.5) is 0 Å². The van der Waals surface area contributed by atoms with Crippen LogP contribution in [0.25, 0.3) is 0 Å². The van der Waals surface area contributed by atoms with E-state index in [0.29, 0.717) is 16.7 Å². The Labute approximate surface area is 171 Å². The molecule has 0 amide bonds. The molecule has 28 heavy (non-hydrogen) atoms. The van der Waals surface area contributed by atoms with Gasteiger partial charge in [-0.25, -0.2) is 13.1 Å². The number of hydrogen-bond donors (Lipinski definition) is 1. The zero-order valence-electron chi connectivity index (χ0n) is 17.8. The van der Waals surface area contributed by atoms with Crippen LogP contribution in [-0.4, -0.2) is 31.7 Å². The molecule has 1 N–H and O–H groups in total. The van der Waals surface area contributed by atoms with Gasteiger partial charge in [0.15, 0.2) is 0 Å². The van der Waals surface area contributed by atoms with Crippen molar-refractivity contribution >= 4 is 16.2 Å². The van der Waals surface area contributed by atoms with Crippen molar-refractivity contribution in [1.29, 1.82) is 0 Å². The van der Waals surface area contributed by atoms with E-state index < -0.39 is 10.0 Å². The quantitative estimate of drug-likeness (QED) is 0.378. The van der Waals surface area contributed by atoms with E-state index in [-0.39, 0.29) is 12.1 Å². The molecule has 1 saturated carbocycles. The second kappa shape index (κ2) is 10.2. The molecule has 0 aliphatic heterocycles. The van der Waals surface area contributed by atoms with E-state index in [1.807, 2.05) is 20.1 Å². The largest absolute Gasteiger partial charge is 0.263 e. The maximum atomic E-state index is 12.8. The lowest BCUT2D eigenvalue weighted by Crippen LogP contribution is -2.46. The zero-order valence-corrected chi connectivity index (χ0v) is 18.6. The average molecular weight is 406 g/mol. The van der Waals surface area contributed by atoms with Crippen molar-refractivity contribution < 1.29 is 8.42 Å². The van der Waals surface area contributed by atoms with Gasteiger partial charge >= 0.3 is 0 Å². The first-order chi connectivity index (χ1) is 13.3. The molecule has 4 atom stereocenters. The molecule has 2 aliphatic carbocycles. The van der Waals surface area contributed by atoms with Gasteiger partial charge in [0.05, 0.1) is 16.6 Å². The summed E-state index contributed by atoms with van der Waals surface area (Å²) in [5.74, 6) is 0.968. The first-order valence-electron chi connectivity index (χ1n) is 10.3. The Kier molecular flexibility index (Phi) is 8.25. The second-order valence-electron chi connectivity index (χ2n) is 7.89. The first kappa shape index (κ1) is 22.6. The van der Waals surface area contributed by atoms with Gasteiger partial charge < -0.3 is 0 Å². The predicted molar refractivity (Wildman–Crippen MR) is 118 cm³/mol. The smallest absolute Gasteiger partial charge is 0.240 e. The molecule has 0 saturated heterocycles. The summed E-state index contributed by atoms with van der Waals surface area (Å²) in [6, 6.07) is 0.0772. The molecular formula is C22H35N3O2S. The van der Waals surface area contributed by atoms with Crippen LogP contribution in [-0.2, 0) is 10.0 Å². The molecule has 0 bridgehead atoms. The number of nitrogens with zero attached hydrogens (tertiary/aromatic N) is 2. The van der Waals surface area contributed by atoms with Crippen molar-refractivity contribution in [2.75, 3.05) is 0 Å². The van der Waals surface area contributed by atoms with Crippen molar-refractivity contribution in [2.45, 2.75) is 72.4 Å². The second-order valence-corrected chi connectivity index (χ2v) is 9.61. The third-order valence-corrected chi connectivity index (χ3v) is 6.95. The summed E-state index contributed by atoms with van der Waals surface area (Å²) in [4.78, 5) is 0.320. The van der Waals surface area contributed by atoms with Gasteiger partial charge in [-0.1, -0.05) is 38.2 Å². The molecule has 0 aromatic heterocycles. The highest BCUT2D eigenvalue weighted by atomic mass is 32.2. The number of rotatable bonds is 7. The van der Waals surface area contributed by atoms with E-state index in [2.05, 4.69) is 46.9 Å². The molecule has 156 valence electrons. The van der Waals surface area contributed by atoms with Crippen LogP contribution < -0.4 is 4.72 Å². The van der Waals surface area contributed by atoms with Crippen molar-refractivity contribution in [3.63, 3.8) is 0 Å². The van der Waals surface area contributed by atoms with E-state index in [9.17, 15) is 8.42 Å². The van der Waals surface area contributed by atoms with Gasteiger partial charge in [-0.05, 0) is 70.4 Å². The molecule has 3 unspecified atom stereocenters. The SMILES string of the molecule is C/C=C\C(=C/C)S(=O)(=O)NC1CC(C)C[C@@H](N(/N=C\C)C2=CCC(C)C=C2)C1. The topological polar surface area (TPSA) is 61.8 Å². The van der Waals surface area contributed by atoms with Gasteiger partial charge in [-0.2, -0.15) is 5.10 Å². The summed E-state index contributed by atoms with van der Waals surface area (Å²) in [5.41, 5.74) is 1.11. The van der Waals surface area contributed by atoms with Crippen LogP contribution >= 0.6 is 0 Å².